The average Bonchev–Trinajstić information content (AvgIpc) is 2.92. The van der Waals surface area contributed by atoms with Gasteiger partial charge >= 0.3 is 5.97 Å². The highest BCUT2D eigenvalue weighted by Crippen LogP contribution is 2.67. The smallest absolute Gasteiger partial charge is 0.302 e. The second kappa shape index (κ2) is 6.34. The van der Waals surface area contributed by atoms with Gasteiger partial charge in [-0.3, -0.25) is 9.59 Å². The molecule has 0 spiro atoms. The van der Waals surface area contributed by atoms with Crippen LogP contribution in [0.25, 0.3) is 0 Å². The third kappa shape index (κ3) is 2.67. The molecule has 4 rings (SSSR count). The molecule has 4 aliphatic carbocycles. The van der Waals surface area contributed by atoms with Crippen LogP contribution < -0.4 is 0 Å². The molecule has 0 radical (unpaired) electrons. The van der Waals surface area contributed by atoms with Crippen LogP contribution in [-0.4, -0.2) is 17.9 Å². The van der Waals surface area contributed by atoms with Crippen molar-refractivity contribution >= 4 is 11.8 Å². The number of hydrogen-bond donors (Lipinski definition) is 0. The SMILES string of the molecule is CC(=O)O[C@H]1CC[C@@]2(C)[C@H](CC[C@@H]3[C@@H]2CC[C@]2(C)[C@@H](C(C)=O)CC[C@@H]32)C1. The molecule has 0 aromatic rings. The van der Waals surface area contributed by atoms with E-state index in [4.69, 9.17) is 4.74 Å². The van der Waals surface area contributed by atoms with Gasteiger partial charge in [0, 0.05) is 12.8 Å². The topological polar surface area (TPSA) is 43.4 Å². The lowest BCUT2D eigenvalue weighted by Gasteiger charge is -2.61. The molecule has 26 heavy (non-hydrogen) atoms. The lowest BCUT2D eigenvalue weighted by Crippen LogP contribution is -2.54. The molecule has 0 saturated heterocycles. The average molecular weight is 361 g/mol. The third-order valence-electron chi connectivity index (χ3n) is 9.44. The second-order valence-electron chi connectivity index (χ2n) is 10.4. The Labute approximate surface area is 158 Å². The Balaban J connectivity index is 1.54. The molecule has 3 nitrogen and oxygen atoms in total. The predicted molar refractivity (Wildman–Crippen MR) is 101 cm³/mol. The highest BCUT2D eigenvalue weighted by molar-refractivity contribution is 5.79. The number of ketones is 1. The quantitative estimate of drug-likeness (QED) is 0.638. The van der Waals surface area contributed by atoms with Gasteiger partial charge in [-0.15, -0.1) is 0 Å². The minimum atomic E-state index is -0.123. The molecule has 0 aliphatic heterocycles. The Morgan fingerprint density at radius 2 is 1.54 bits per heavy atom. The van der Waals surface area contributed by atoms with E-state index >= 15 is 0 Å². The van der Waals surface area contributed by atoms with Gasteiger partial charge in [0.05, 0.1) is 0 Å². The first kappa shape index (κ1) is 18.5. The largest absolute Gasteiger partial charge is 0.463 e. The Morgan fingerprint density at radius 1 is 0.846 bits per heavy atom. The van der Waals surface area contributed by atoms with E-state index in [9.17, 15) is 9.59 Å². The normalized spacial score (nSPS) is 50.3. The summed E-state index contributed by atoms with van der Waals surface area (Å²) in [7, 11) is 0. The Bertz CT molecular complexity index is 598. The zero-order chi connectivity index (χ0) is 18.7. The maximum atomic E-state index is 12.2. The maximum absolute atomic E-state index is 12.2. The molecule has 4 saturated carbocycles. The van der Waals surface area contributed by atoms with Crippen molar-refractivity contribution in [3.8, 4) is 0 Å². The molecular weight excluding hydrogens is 324 g/mol. The molecule has 4 fully saturated rings. The van der Waals surface area contributed by atoms with E-state index in [1.807, 2.05) is 6.92 Å². The molecule has 0 aromatic carbocycles. The summed E-state index contributed by atoms with van der Waals surface area (Å²) in [4.78, 5) is 23.6. The lowest BCUT2D eigenvalue weighted by atomic mass is 9.44. The van der Waals surface area contributed by atoms with E-state index in [0.29, 0.717) is 23.0 Å². The summed E-state index contributed by atoms with van der Waals surface area (Å²) < 4.78 is 5.57. The molecule has 0 aromatic heterocycles. The van der Waals surface area contributed by atoms with Crippen LogP contribution in [0.3, 0.4) is 0 Å². The molecule has 8 atom stereocenters. The van der Waals surface area contributed by atoms with Crippen molar-refractivity contribution in [1.82, 2.24) is 0 Å². The van der Waals surface area contributed by atoms with E-state index in [1.54, 1.807) is 0 Å². The van der Waals surface area contributed by atoms with Crippen molar-refractivity contribution in [2.45, 2.75) is 91.6 Å². The van der Waals surface area contributed by atoms with Gasteiger partial charge in [0.15, 0.2) is 0 Å². The van der Waals surface area contributed by atoms with Gasteiger partial charge < -0.3 is 4.74 Å². The fourth-order valence-electron chi connectivity index (χ4n) is 8.23. The van der Waals surface area contributed by atoms with Gasteiger partial charge in [-0.2, -0.15) is 0 Å². The number of carbonyl (C=O) groups is 2. The van der Waals surface area contributed by atoms with E-state index in [2.05, 4.69) is 13.8 Å². The van der Waals surface area contributed by atoms with Crippen molar-refractivity contribution in [2.75, 3.05) is 0 Å². The number of fused-ring (bicyclic) bond motifs is 5. The molecule has 0 heterocycles. The van der Waals surface area contributed by atoms with Gasteiger partial charge in [0.25, 0.3) is 0 Å². The Morgan fingerprint density at radius 3 is 2.23 bits per heavy atom. The van der Waals surface area contributed by atoms with Crippen LogP contribution in [0.4, 0.5) is 0 Å². The summed E-state index contributed by atoms with van der Waals surface area (Å²) in [5.41, 5.74) is 0.667. The highest BCUT2D eigenvalue weighted by Gasteiger charge is 2.60. The first-order valence-electron chi connectivity index (χ1n) is 10.9. The van der Waals surface area contributed by atoms with Gasteiger partial charge in [0.1, 0.15) is 11.9 Å². The van der Waals surface area contributed by atoms with Crippen LogP contribution in [0.5, 0.6) is 0 Å². The van der Waals surface area contributed by atoms with Crippen LogP contribution in [-0.2, 0) is 14.3 Å². The standard InChI is InChI=1S/C23H36O3/c1-14(24)19-7-8-20-18-6-5-16-13-17(26-15(2)25)9-11-22(16,3)21(18)10-12-23(19,20)4/h16-21H,5-13H2,1-4H3/t16-,17+,18+,19-,20+,21+,22+,23-/m1/s1. The molecule has 0 N–H and O–H groups in total. The van der Waals surface area contributed by atoms with Crippen LogP contribution in [0, 0.1) is 40.4 Å². The number of hydrogen-bond acceptors (Lipinski definition) is 3. The monoisotopic (exact) mass is 360 g/mol. The number of carbonyl (C=O) groups excluding carboxylic acids is 2. The summed E-state index contributed by atoms with van der Waals surface area (Å²) in [6.45, 7) is 8.33. The summed E-state index contributed by atoms with van der Waals surface area (Å²) >= 11 is 0. The molecule has 0 unspecified atom stereocenters. The van der Waals surface area contributed by atoms with E-state index < -0.39 is 0 Å². The molecule has 4 aliphatic rings. The van der Waals surface area contributed by atoms with Crippen molar-refractivity contribution in [2.24, 2.45) is 40.4 Å². The third-order valence-corrected chi connectivity index (χ3v) is 9.44. The first-order chi connectivity index (χ1) is 12.3. The molecular formula is C23H36O3. The fourth-order valence-corrected chi connectivity index (χ4v) is 8.23. The predicted octanol–water partition coefficient (Wildman–Crippen LogP) is 5.17. The summed E-state index contributed by atoms with van der Waals surface area (Å²) in [5.74, 6) is 3.68. The summed E-state index contributed by atoms with van der Waals surface area (Å²) in [6, 6.07) is 0. The van der Waals surface area contributed by atoms with Gasteiger partial charge in [-0.05, 0) is 99.2 Å². The Kier molecular flexibility index (Phi) is 4.51. The molecule has 0 amide bonds. The van der Waals surface area contributed by atoms with Crippen molar-refractivity contribution in [1.29, 1.82) is 0 Å². The van der Waals surface area contributed by atoms with Crippen molar-refractivity contribution in [3.05, 3.63) is 0 Å². The molecule has 0 bridgehead atoms. The van der Waals surface area contributed by atoms with Gasteiger partial charge in [-0.25, -0.2) is 0 Å². The van der Waals surface area contributed by atoms with Crippen LogP contribution >= 0.6 is 0 Å². The maximum Gasteiger partial charge on any atom is 0.302 e. The Hall–Kier alpha value is -0.860. The van der Waals surface area contributed by atoms with E-state index in [1.165, 1.54) is 45.4 Å². The van der Waals surface area contributed by atoms with E-state index in [-0.39, 0.29) is 17.5 Å². The van der Waals surface area contributed by atoms with Crippen molar-refractivity contribution < 1.29 is 14.3 Å². The van der Waals surface area contributed by atoms with Gasteiger partial charge in [-0.1, -0.05) is 13.8 Å². The van der Waals surface area contributed by atoms with Crippen LogP contribution in [0.2, 0.25) is 0 Å². The fraction of sp³-hybridized carbons (Fsp3) is 0.913. The van der Waals surface area contributed by atoms with Crippen LogP contribution in [0.15, 0.2) is 0 Å². The minimum Gasteiger partial charge on any atom is -0.463 e. The zero-order valence-corrected chi connectivity index (χ0v) is 17.1. The summed E-state index contributed by atoms with van der Waals surface area (Å²) in [5, 5.41) is 0. The molecule has 3 heteroatoms. The molecule has 146 valence electrons. The lowest BCUT2D eigenvalue weighted by molar-refractivity contribution is -0.161. The number of esters is 1. The first-order valence-corrected chi connectivity index (χ1v) is 10.9. The van der Waals surface area contributed by atoms with E-state index in [0.717, 1.165) is 37.0 Å². The minimum absolute atomic E-state index is 0.123. The van der Waals surface area contributed by atoms with Gasteiger partial charge in [0.2, 0.25) is 0 Å². The van der Waals surface area contributed by atoms with Crippen LogP contribution in [0.1, 0.15) is 85.5 Å². The second-order valence-corrected chi connectivity index (χ2v) is 10.4. The number of rotatable bonds is 2. The zero-order valence-electron chi connectivity index (χ0n) is 17.1. The summed E-state index contributed by atoms with van der Waals surface area (Å²) in [6.07, 6.45) is 11.0. The number of ether oxygens (including phenoxy) is 1. The van der Waals surface area contributed by atoms with Crippen molar-refractivity contribution in [3.63, 3.8) is 0 Å². The number of Topliss-reactive ketones (excluding diaryl/α,β-unsaturated/α-hetero) is 1. The highest BCUT2D eigenvalue weighted by atomic mass is 16.5.